The SMILES string of the molecule is CC(C)(C)OC(=O)N1C[C@@H](CO)[C@H](Nc2ncc(-c3ccc(C(F)(F)F)cc3)c3nccnc23)C1.CC(C)(C)OC(=O)N1C[C@@H](CO)[C@H](Nc2ncc(Br)c3nccnc23)C1. The van der Waals surface area contributed by atoms with E-state index in [9.17, 15) is 33.0 Å². The van der Waals surface area contributed by atoms with Crippen molar-refractivity contribution in [2.45, 2.75) is 71.0 Å². The van der Waals surface area contributed by atoms with Crippen LogP contribution in [0.15, 0.2) is 65.9 Å². The monoisotopic (exact) mass is 912 g/mol. The van der Waals surface area contributed by atoms with Crippen LogP contribution in [0.3, 0.4) is 0 Å². The molecule has 0 aliphatic carbocycles. The predicted octanol–water partition coefficient (Wildman–Crippen LogP) is 6.78. The number of halogens is 4. The van der Waals surface area contributed by atoms with Gasteiger partial charge in [0.2, 0.25) is 0 Å². The van der Waals surface area contributed by atoms with Crippen molar-refractivity contribution in [2.24, 2.45) is 11.8 Å². The molecule has 2 amide bonds. The number of ether oxygens (including phenoxy) is 2. The van der Waals surface area contributed by atoms with Crippen LogP contribution in [0.25, 0.3) is 33.2 Å². The molecule has 4 N–H and O–H groups in total. The van der Waals surface area contributed by atoms with Crippen LogP contribution in [0.1, 0.15) is 47.1 Å². The van der Waals surface area contributed by atoms with Gasteiger partial charge in [-0.1, -0.05) is 12.1 Å². The summed E-state index contributed by atoms with van der Waals surface area (Å²) >= 11 is 3.42. The van der Waals surface area contributed by atoms with Gasteiger partial charge in [0, 0.05) is 94.0 Å². The fraction of sp³-hybridized carbons (Fsp3) is 0.463. The van der Waals surface area contributed by atoms with Gasteiger partial charge in [-0.15, -0.1) is 0 Å². The van der Waals surface area contributed by atoms with E-state index in [1.54, 1.807) is 44.3 Å². The Balaban J connectivity index is 0.000000213. The Kier molecular flexibility index (Phi) is 13.5. The second-order valence-electron chi connectivity index (χ2n) is 16.7. The maximum Gasteiger partial charge on any atom is 0.416 e. The molecule has 61 heavy (non-hydrogen) atoms. The van der Waals surface area contributed by atoms with E-state index in [4.69, 9.17) is 9.47 Å². The van der Waals surface area contributed by atoms with E-state index in [2.05, 4.69) is 56.5 Å². The molecule has 20 heteroatoms. The molecule has 0 radical (unpaired) electrons. The van der Waals surface area contributed by atoms with E-state index in [0.29, 0.717) is 71.0 Å². The van der Waals surface area contributed by atoms with Gasteiger partial charge in [-0.25, -0.2) is 29.5 Å². The topological polar surface area (TPSA) is 201 Å². The van der Waals surface area contributed by atoms with Crippen molar-refractivity contribution >= 4 is 61.8 Å². The third kappa shape index (κ3) is 11.1. The molecule has 326 valence electrons. The summed E-state index contributed by atoms with van der Waals surface area (Å²) in [5, 5.41) is 26.2. The second kappa shape index (κ2) is 18.3. The predicted molar refractivity (Wildman–Crippen MR) is 224 cm³/mol. The Labute approximate surface area is 358 Å². The molecule has 4 aromatic heterocycles. The molecule has 5 aromatic rings. The highest BCUT2D eigenvalue weighted by atomic mass is 79.9. The molecule has 0 spiro atoms. The van der Waals surface area contributed by atoms with E-state index in [1.165, 1.54) is 35.6 Å². The number of fused-ring (bicyclic) bond motifs is 2. The van der Waals surface area contributed by atoms with Crippen molar-refractivity contribution in [2.75, 3.05) is 50.0 Å². The summed E-state index contributed by atoms with van der Waals surface area (Å²) in [6.45, 7) is 12.1. The number of hydrogen-bond acceptors (Lipinski definition) is 14. The van der Waals surface area contributed by atoms with Crippen molar-refractivity contribution < 1.29 is 42.4 Å². The van der Waals surface area contributed by atoms with Gasteiger partial charge in [0.05, 0.1) is 22.1 Å². The Bertz CT molecular complexity index is 2350. The Hall–Kier alpha value is -5.47. The second-order valence-corrected chi connectivity index (χ2v) is 17.6. The normalized spacial score (nSPS) is 19.4. The number of pyridine rings is 2. The number of nitrogens with one attached hydrogen (secondary N) is 2. The number of anilines is 2. The number of aromatic nitrogens is 6. The van der Waals surface area contributed by atoms with E-state index >= 15 is 0 Å². The number of carbonyl (C=O) groups is 2. The lowest BCUT2D eigenvalue weighted by Crippen LogP contribution is -2.36. The summed E-state index contributed by atoms with van der Waals surface area (Å²) in [5.41, 5.74) is 1.34. The van der Waals surface area contributed by atoms with Crippen molar-refractivity contribution in [1.82, 2.24) is 39.7 Å². The number of alkyl halides is 3. The average molecular weight is 914 g/mol. The first kappa shape index (κ1) is 45.1. The van der Waals surface area contributed by atoms with Gasteiger partial charge >= 0.3 is 18.4 Å². The minimum atomic E-state index is -4.43. The first-order valence-corrected chi connectivity index (χ1v) is 20.3. The lowest BCUT2D eigenvalue weighted by molar-refractivity contribution is -0.137. The summed E-state index contributed by atoms with van der Waals surface area (Å²) < 4.78 is 50.5. The van der Waals surface area contributed by atoms with Gasteiger partial charge in [-0.05, 0) is 75.2 Å². The largest absolute Gasteiger partial charge is 0.444 e. The van der Waals surface area contributed by atoms with Crippen molar-refractivity contribution in [3.8, 4) is 11.1 Å². The van der Waals surface area contributed by atoms with E-state index in [-0.39, 0.29) is 43.2 Å². The highest BCUT2D eigenvalue weighted by Crippen LogP contribution is 2.34. The molecule has 0 unspecified atom stereocenters. The number of hydrogen-bond donors (Lipinski definition) is 4. The maximum absolute atomic E-state index is 12.9. The minimum Gasteiger partial charge on any atom is -0.444 e. The van der Waals surface area contributed by atoms with Gasteiger partial charge in [0.25, 0.3) is 0 Å². The third-order valence-electron chi connectivity index (χ3n) is 9.78. The molecular formula is C41H48BrF3N10O6. The molecule has 6 heterocycles. The van der Waals surface area contributed by atoms with Crippen LogP contribution < -0.4 is 10.6 Å². The van der Waals surface area contributed by atoms with E-state index < -0.39 is 29.0 Å². The molecule has 7 rings (SSSR count). The fourth-order valence-corrected chi connectivity index (χ4v) is 7.29. The maximum atomic E-state index is 12.9. The summed E-state index contributed by atoms with van der Waals surface area (Å²) in [4.78, 5) is 54.3. The van der Waals surface area contributed by atoms with Gasteiger partial charge in [0.1, 0.15) is 33.3 Å². The standard InChI is InChI=1S/C24H26F3N5O3.C17H22BrN5O3/c1-23(2,3)35-22(34)32-11-15(13-33)18(12-32)31-21-20-19(28-8-9-29-20)17(10-30-21)14-4-6-16(7-5-14)24(25,26)27;1-17(2,3)26-16(25)23-7-10(9-24)12(8-23)22-15-14-13(11(18)6-21-15)19-4-5-20-14/h4-10,15,18,33H,11-13H2,1-3H3,(H,30,31);4-6,10,12,24H,7-9H2,1-3H3,(H,21,22)/t15-,18+;10-,12+/m00/s1. The Morgan fingerprint density at radius 3 is 1.54 bits per heavy atom. The smallest absolute Gasteiger partial charge is 0.416 e. The zero-order valence-corrected chi connectivity index (χ0v) is 36.0. The van der Waals surface area contributed by atoms with E-state index in [1.807, 2.05) is 20.8 Å². The average Bonchev–Trinajstić information content (AvgIpc) is 3.82. The summed E-state index contributed by atoms with van der Waals surface area (Å²) in [7, 11) is 0. The first-order chi connectivity index (χ1) is 28.7. The quantitative estimate of drug-likeness (QED) is 0.133. The number of nitrogens with zero attached hydrogens (tertiary/aromatic N) is 8. The number of amides is 2. The first-order valence-electron chi connectivity index (χ1n) is 19.5. The zero-order chi connectivity index (χ0) is 44.3. The van der Waals surface area contributed by atoms with Gasteiger partial charge in [-0.3, -0.25) is 9.97 Å². The lowest BCUT2D eigenvalue weighted by Gasteiger charge is -2.24. The van der Waals surface area contributed by atoms with Crippen LogP contribution in [0.5, 0.6) is 0 Å². The molecule has 2 aliphatic rings. The number of likely N-dealkylation sites (tertiary alicyclic amines) is 2. The third-order valence-corrected chi connectivity index (χ3v) is 10.4. The van der Waals surface area contributed by atoms with Gasteiger partial charge < -0.3 is 40.1 Å². The Morgan fingerprint density at radius 1 is 0.672 bits per heavy atom. The van der Waals surface area contributed by atoms with Crippen molar-refractivity contribution in [1.29, 1.82) is 0 Å². The van der Waals surface area contributed by atoms with Crippen LogP contribution in [0, 0.1) is 11.8 Å². The highest BCUT2D eigenvalue weighted by molar-refractivity contribution is 9.10. The number of aliphatic hydroxyl groups is 2. The number of carbonyl (C=O) groups excluding carboxylic acids is 2. The number of rotatable bonds is 7. The molecular weight excluding hydrogens is 865 g/mol. The molecule has 16 nitrogen and oxygen atoms in total. The molecule has 4 atom stereocenters. The lowest BCUT2D eigenvalue weighted by atomic mass is 10.0. The molecule has 0 bridgehead atoms. The van der Waals surface area contributed by atoms with Crippen molar-refractivity contribution in [3.05, 3.63) is 71.5 Å². The van der Waals surface area contributed by atoms with E-state index in [0.717, 1.165) is 16.6 Å². The van der Waals surface area contributed by atoms with Crippen LogP contribution in [-0.4, -0.2) is 125 Å². The van der Waals surface area contributed by atoms with Gasteiger partial charge in [-0.2, -0.15) is 13.2 Å². The van der Waals surface area contributed by atoms with Crippen LogP contribution in [0.2, 0.25) is 0 Å². The molecule has 0 saturated carbocycles. The number of aliphatic hydroxyl groups excluding tert-OH is 2. The zero-order valence-electron chi connectivity index (χ0n) is 34.4. The van der Waals surface area contributed by atoms with Crippen LogP contribution in [-0.2, 0) is 15.7 Å². The summed E-state index contributed by atoms with van der Waals surface area (Å²) in [6.07, 6.45) is 4.13. The molecule has 2 fully saturated rings. The molecule has 1 aromatic carbocycles. The van der Waals surface area contributed by atoms with Crippen LogP contribution >= 0.6 is 15.9 Å². The van der Waals surface area contributed by atoms with Crippen LogP contribution in [0.4, 0.5) is 34.4 Å². The fourth-order valence-electron chi connectivity index (χ4n) is 6.89. The van der Waals surface area contributed by atoms with Gasteiger partial charge in [0.15, 0.2) is 11.6 Å². The minimum absolute atomic E-state index is 0.0445. The Morgan fingerprint density at radius 2 is 1.10 bits per heavy atom. The number of benzene rings is 1. The highest BCUT2D eigenvalue weighted by Gasteiger charge is 2.39. The summed E-state index contributed by atoms with van der Waals surface area (Å²) in [6, 6.07) is 4.30. The summed E-state index contributed by atoms with van der Waals surface area (Å²) in [5.74, 6) is 0.592. The molecule has 2 saturated heterocycles. The molecule has 2 aliphatic heterocycles. The van der Waals surface area contributed by atoms with Crippen molar-refractivity contribution in [3.63, 3.8) is 0 Å².